The van der Waals surface area contributed by atoms with E-state index in [2.05, 4.69) is 61.1 Å². The van der Waals surface area contributed by atoms with Crippen molar-refractivity contribution in [1.82, 2.24) is 19.7 Å². The van der Waals surface area contributed by atoms with E-state index in [1.54, 1.807) is 4.90 Å². The molecule has 2 heterocycles. The predicted molar refractivity (Wildman–Crippen MR) is 115 cm³/mol. The van der Waals surface area contributed by atoms with Crippen LogP contribution >= 0.6 is 0 Å². The van der Waals surface area contributed by atoms with Crippen LogP contribution < -0.4 is 5.32 Å². The van der Waals surface area contributed by atoms with Crippen LogP contribution in [0.2, 0.25) is 0 Å². The number of benzene rings is 1. The zero-order valence-electron chi connectivity index (χ0n) is 17.9. The second-order valence-corrected chi connectivity index (χ2v) is 8.14. The van der Waals surface area contributed by atoms with Crippen LogP contribution in [0.1, 0.15) is 43.6 Å². The molecule has 1 aliphatic rings. The van der Waals surface area contributed by atoms with Gasteiger partial charge in [-0.3, -0.25) is 4.79 Å². The van der Waals surface area contributed by atoms with Crippen LogP contribution in [0.3, 0.4) is 0 Å². The quantitative estimate of drug-likeness (QED) is 0.813. The Hall–Kier alpha value is -2.76. The van der Waals surface area contributed by atoms with Gasteiger partial charge in [-0.15, -0.1) is 0 Å². The van der Waals surface area contributed by atoms with E-state index in [0.717, 1.165) is 17.8 Å². The maximum atomic E-state index is 13.4. The second-order valence-electron chi connectivity index (χ2n) is 8.14. The van der Waals surface area contributed by atoms with Gasteiger partial charge in [0.25, 0.3) is 0 Å². The van der Waals surface area contributed by atoms with E-state index in [1.807, 2.05) is 24.0 Å². The van der Waals surface area contributed by atoms with Crippen molar-refractivity contribution in [1.29, 1.82) is 0 Å². The summed E-state index contributed by atoms with van der Waals surface area (Å²) >= 11 is 0. The summed E-state index contributed by atoms with van der Waals surface area (Å²) < 4.78 is 2.21. The molecular weight excluding hydrogens is 364 g/mol. The molecule has 6 heteroatoms. The number of fused-ring (bicyclic) bond motifs is 1. The zero-order chi connectivity index (χ0) is 21.0. The molecule has 1 N–H and O–H groups in total. The smallest absolute Gasteiger partial charge is 0.317 e. The molecule has 0 aliphatic carbocycles. The van der Waals surface area contributed by atoms with Crippen LogP contribution in [0, 0.1) is 12.8 Å². The first-order valence-electron chi connectivity index (χ1n) is 10.4. The van der Waals surface area contributed by atoms with E-state index in [9.17, 15) is 9.59 Å². The molecule has 1 aromatic carbocycles. The number of carbonyl (C=O) groups excluding carboxylic acids is 2. The summed E-state index contributed by atoms with van der Waals surface area (Å²) in [7, 11) is 0. The maximum absolute atomic E-state index is 13.4. The molecule has 1 aliphatic heterocycles. The summed E-state index contributed by atoms with van der Waals surface area (Å²) in [5, 5.41) is 2.83. The molecular formula is C23H32N4O2. The lowest BCUT2D eigenvalue weighted by Crippen LogP contribution is -2.50. The van der Waals surface area contributed by atoms with E-state index >= 15 is 0 Å². The standard InChI is InChI=1S/C23H32N4O2/c1-5-24-23(29)26(15-17(2)3)16-21(28)27-13-12-25-11-7-10-20(25)22(27)19-9-6-8-18(4)14-19/h6-11,14,17,22H,5,12-13,15-16H2,1-4H3,(H,24,29). The van der Waals surface area contributed by atoms with E-state index in [0.29, 0.717) is 19.6 Å². The van der Waals surface area contributed by atoms with Gasteiger partial charge in [0, 0.05) is 38.1 Å². The third kappa shape index (κ3) is 4.81. The first-order chi connectivity index (χ1) is 13.9. The Kier molecular flexibility index (Phi) is 6.62. The van der Waals surface area contributed by atoms with Crippen molar-refractivity contribution in [3.8, 4) is 0 Å². The fourth-order valence-electron chi connectivity index (χ4n) is 4.02. The second kappa shape index (κ2) is 9.16. The Morgan fingerprint density at radius 1 is 1.21 bits per heavy atom. The highest BCUT2D eigenvalue weighted by Gasteiger charge is 2.33. The Morgan fingerprint density at radius 3 is 2.69 bits per heavy atom. The molecule has 1 unspecified atom stereocenters. The number of aromatic nitrogens is 1. The molecule has 0 radical (unpaired) electrons. The molecule has 0 spiro atoms. The van der Waals surface area contributed by atoms with Crippen LogP contribution in [0.25, 0.3) is 0 Å². The highest BCUT2D eigenvalue weighted by molar-refractivity contribution is 5.84. The summed E-state index contributed by atoms with van der Waals surface area (Å²) in [6.45, 7) is 10.7. The molecule has 0 saturated carbocycles. The normalized spacial score (nSPS) is 15.9. The summed E-state index contributed by atoms with van der Waals surface area (Å²) in [5.41, 5.74) is 3.39. The summed E-state index contributed by atoms with van der Waals surface area (Å²) in [5.74, 6) is 0.271. The van der Waals surface area contributed by atoms with Gasteiger partial charge in [0.1, 0.15) is 6.54 Å². The van der Waals surface area contributed by atoms with E-state index < -0.39 is 0 Å². The minimum Gasteiger partial charge on any atom is -0.348 e. The number of carbonyl (C=O) groups is 2. The summed E-state index contributed by atoms with van der Waals surface area (Å²) in [4.78, 5) is 29.4. The van der Waals surface area contributed by atoms with E-state index in [4.69, 9.17) is 0 Å². The van der Waals surface area contributed by atoms with Gasteiger partial charge >= 0.3 is 6.03 Å². The van der Waals surface area contributed by atoms with Crippen LogP contribution in [0.15, 0.2) is 42.6 Å². The highest BCUT2D eigenvalue weighted by atomic mass is 16.2. The first kappa shape index (κ1) is 21.0. The van der Waals surface area contributed by atoms with Crippen molar-refractivity contribution in [2.75, 3.05) is 26.2 Å². The molecule has 0 saturated heterocycles. The number of hydrogen-bond acceptors (Lipinski definition) is 2. The minimum absolute atomic E-state index is 0.0177. The number of amides is 3. The fraction of sp³-hybridized carbons (Fsp3) is 0.478. The molecule has 0 bridgehead atoms. The SMILES string of the molecule is CCNC(=O)N(CC(=O)N1CCn2cccc2C1c1cccc(C)c1)CC(C)C. The van der Waals surface area contributed by atoms with Gasteiger partial charge in [-0.1, -0.05) is 43.7 Å². The molecule has 3 amide bonds. The van der Waals surface area contributed by atoms with Gasteiger partial charge in [0.05, 0.1) is 6.04 Å². The van der Waals surface area contributed by atoms with Crippen molar-refractivity contribution < 1.29 is 9.59 Å². The van der Waals surface area contributed by atoms with Gasteiger partial charge in [0.15, 0.2) is 0 Å². The average Bonchev–Trinajstić information content (AvgIpc) is 3.15. The fourth-order valence-corrected chi connectivity index (χ4v) is 4.02. The molecule has 29 heavy (non-hydrogen) atoms. The Bertz CT molecular complexity index is 858. The number of nitrogens with one attached hydrogen (secondary N) is 1. The number of hydrogen-bond donors (Lipinski definition) is 1. The first-order valence-corrected chi connectivity index (χ1v) is 10.4. The molecule has 1 atom stereocenters. The molecule has 2 aromatic rings. The minimum atomic E-state index is -0.179. The van der Waals surface area contributed by atoms with Gasteiger partial charge in [-0.05, 0) is 37.5 Å². The van der Waals surface area contributed by atoms with E-state index in [-0.39, 0.29) is 30.4 Å². The number of rotatable bonds is 6. The van der Waals surface area contributed by atoms with Crippen LogP contribution in [-0.4, -0.2) is 52.5 Å². The van der Waals surface area contributed by atoms with Gasteiger partial charge < -0.3 is 19.7 Å². The largest absolute Gasteiger partial charge is 0.348 e. The lowest BCUT2D eigenvalue weighted by atomic mass is 9.98. The zero-order valence-corrected chi connectivity index (χ0v) is 17.9. The van der Waals surface area contributed by atoms with Crippen LogP contribution in [0.4, 0.5) is 4.79 Å². The van der Waals surface area contributed by atoms with E-state index in [1.165, 1.54) is 5.56 Å². The van der Waals surface area contributed by atoms with Crippen LogP contribution in [-0.2, 0) is 11.3 Å². The Morgan fingerprint density at radius 2 is 2.00 bits per heavy atom. The van der Waals surface area contributed by atoms with Crippen molar-refractivity contribution >= 4 is 11.9 Å². The summed E-state index contributed by atoms with van der Waals surface area (Å²) in [6.07, 6.45) is 2.07. The summed E-state index contributed by atoms with van der Waals surface area (Å²) in [6, 6.07) is 12.1. The Balaban J connectivity index is 1.88. The molecule has 1 aromatic heterocycles. The number of nitrogens with zero attached hydrogens (tertiary/aromatic N) is 3. The third-order valence-electron chi connectivity index (χ3n) is 5.24. The van der Waals surface area contributed by atoms with Gasteiger partial charge in [0.2, 0.25) is 5.91 Å². The molecule has 156 valence electrons. The van der Waals surface area contributed by atoms with Crippen LogP contribution in [0.5, 0.6) is 0 Å². The van der Waals surface area contributed by atoms with Crippen molar-refractivity contribution in [3.63, 3.8) is 0 Å². The third-order valence-corrected chi connectivity index (χ3v) is 5.24. The van der Waals surface area contributed by atoms with Crippen molar-refractivity contribution in [3.05, 3.63) is 59.4 Å². The lowest BCUT2D eigenvalue weighted by molar-refractivity contribution is -0.134. The topological polar surface area (TPSA) is 57.6 Å². The average molecular weight is 397 g/mol. The van der Waals surface area contributed by atoms with Crippen molar-refractivity contribution in [2.45, 2.75) is 40.3 Å². The van der Waals surface area contributed by atoms with Gasteiger partial charge in [-0.25, -0.2) is 4.79 Å². The maximum Gasteiger partial charge on any atom is 0.317 e. The number of aryl methyl sites for hydroxylation is 1. The molecule has 6 nitrogen and oxygen atoms in total. The Labute approximate surface area is 173 Å². The van der Waals surface area contributed by atoms with Crippen molar-refractivity contribution in [2.24, 2.45) is 5.92 Å². The van der Waals surface area contributed by atoms with Gasteiger partial charge in [-0.2, -0.15) is 0 Å². The molecule has 0 fully saturated rings. The monoisotopic (exact) mass is 396 g/mol. The molecule has 3 rings (SSSR count). The predicted octanol–water partition coefficient (Wildman–Crippen LogP) is 3.42. The number of urea groups is 1. The highest BCUT2D eigenvalue weighted by Crippen LogP contribution is 2.33. The lowest BCUT2D eigenvalue weighted by Gasteiger charge is -2.38.